The van der Waals surface area contributed by atoms with Crippen LogP contribution in [0.4, 0.5) is 4.39 Å². The SMILES string of the molecule is OCC1O[C@@H](O)C(O)[C@@H](F)[C@@H]1O. The Bertz CT molecular complexity index is 150. The van der Waals surface area contributed by atoms with Crippen molar-refractivity contribution in [2.75, 3.05) is 6.61 Å². The summed E-state index contributed by atoms with van der Waals surface area (Å²) in [6, 6.07) is 0. The molecule has 4 N–H and O–H groups in total. The summed E-state index contributed by atoms with van der Waals surface area (Å²) in [7, 11) is 0. The molecule has 1 fully saturated rings. The molecule has 1 rings (SSSR count). The average molecular weight is 182 g/mol. The zero-order chi connectivity index (χ0) is 9.30. The molecule has 0 aliphatic carbocycles. The van der Waals surface area contributed by atoms with Gasteiger partial charge in [0.25, 0.3) is 0 Å². The van der Waals surface area contributed by atoms with Crippen molar-refractivity contribution in [2.45, 2.75) is 30.8 Å². The molecule has 72 valence electrons. The van der Waals surface area contributed by atoms with Crippen molar-refractivity contribution in [3.8, 4) is 0 Å². The Morgan fingerprint density at radius 2 is 1.75 bits per heavy atom. The van der Waals surface area contributed by atoms with E-state index in [0.717, 1.165) is 0 Å². The quantitative estimate of drug-likeness (QED) is 0.368. The van der Waals surface area contributed by atoms with Crippen LogP contribution in [0, 0.1) is 0 Å². The van der Waals surface area contributed by atoms with Crippen LogP contribution in [0.1, 0.15) is 0 Å². The summed E-state index contributed by atoms with van der Waals surface area (Å²) >= 11 is 0. The van der Waals surface area contributed by atoms with Crippen molar-refractivity contribution in [1.29, 1.82) is 0 Å². The molecule has 0 radical (unpaired) electrons. The third-order valence-corrected chi connectivity index (χ3v) is 1.82. The summed E-state index contributed by atoms with van der Waals surface area (Å²) in [6.45, 7) is -0.606. The lowest BCUT2D eigenvalue weighted by molar-refractivity contribution is -0.274. The number of hydrogen-bond acceptors (Lipinski definition) is 5. The third-order valence-electron chi connectivity index (χ3n) is 1.82. The Labute approximate surface area is 68.0 Å². The highest BCUT2D eigenvalue weighted by atomic mass is 19.1. The van der Waals surface area contributed by atoms with Crippen LogP contribution in [-0.2, 0) is 4.74 Å². The Hall–Kier alpha value is -0.270. The number of ether oxygens (including phenoxy) is 1. The number of halogens is 1. The molecular weight excluding hydrogens is 171 g/mol. The first-order valence-corrected chi connectivity index (χ1v) is 3.52. The molecule has 0 amide bonds. The maximum absolute atomic E-state index is 12.8. The number of hydrogen-bond donors (Lipinski definition) is 4. The monoisotopic (exact) mass is 182 g/mol. The summed E-state index contributed by atoms with van der Waals surface area (Å²) in [5.74, 6) is 0. The molecule has 1 heterocycles. The molecule has 0 aromatic carbocycles. The van der Waals surface area contributed by atoms with Crippen molar-refractivity contribution in [3.05, 3.63) is 0 Å². The van der Waals surface area contributed by atoms with Gasteiger partial charge in [0.1, 0.15) is 18.3 Å². The lowest BCUT2D eigenvalue weighted by Gasteiger charge is -2.36. The molecule has 0 aromatic rings. The minimum absolute atomic E-state index is 0.606. The van der Waals surface area contributed by atoms with Crippen molar-refractivity contribution < 1.29 is 29.6 Å². The maximum atomic E-state index is 12.8. The second-order valence-corrected chi connectivity index (χ2v) is 2.67. The summed E-state index contributed by atoms with van der Waals surface area (Å²) in [4.78, 5) is 0. The van der Waals surface area contributed by atoms with Gasteiger partial charge in [-0.05, 0) is 0 Å². The molecule has 0 bridgehead atoms. The van der Waals surface area contributed by atoms with E-state index in [1.165, 1.54) is 0 Å². The molecule has 0 aromatic heterocycles. The number of alkyl halides is 1. The molecule has 5 nitrogen and oxygen atoms in total. The Morgan fingerprint density at radius 3 is 2.25 bits per heavy atom. The van der Waals surface area contributed by atoms with Crippen molar-refractivity contribution in [3.63, 3.8) is 0 Å². The van der Waals surface area contributed by atoms with Gasteiger partial charge in [-0.1, -0.05) is 0 Å². The highest BCUT2D eigenvalue weighted by Gasteiger charge is 2.43. The highest BCUT2D eigenvalue weighted by molar-refractivity contribution is 4.88. The molecule has 12 heavy (non-hydrogen) atoms. The minimum atomic E-state index is -1.99. The van der Waals surface area contributed by atoms with E-state index in [2.05, 4.69) is 4.74 Å². The van der Waals surface area contributed by atoms with Crippen LogP contribution in [0.5, 0.6) is 0 Å². The molecule has 1 saturated heterocycles. The second kappa shape index (κ2) is 3.63. The first kappa shape index (κ1) is 9.82. The molecule has 1 aliphatic heterocycles. The third kappa shape index (κ3) is 1.57. The fraction of sp³-hybridized carbons (Fsp3) is 1.00. The first-order valence-electron chi connectivity index (χ1n) is 3.52. The van der Waals surface area contributed by atoms with Crippen LogP contribution in [0.15, 0.2) is 0 Å². The van der Waals surface area contributed by atoms with Crippen LogP contribution in [-0.4, -0.2) is 57.8 Å². The summed E-state index contributed by atoms with van der Waals surface area (Å²) in [5.41, 5.74) is 0. The van der Waals surface area contributed by atoms with Gasteiger partial charge in [-0.3, -0.25) is 0 Å². The van der Waals surface area contributed by atoms with Gasteiger partial charge < -0.3 is 25.2 Å². The van der Waals surface area contributed by atoms with Crippen LogP contribution < -0.4 is 0 Å². The predicted octanol–water partition coefficient (Wildman–Crippen LogP) is -2.24. The smallest absolute Gasteiger partial charge is 0.184 e. The molecule has 1 aliphatic rings. The summed E-state index contributed by atoms with van der Waals surface area (Å²) in [6.07, 6.45) is -8.24. The normalized spacial score (nSPS) is 49.2. The van der Waals surface area contributed by atoms with Gasteiger partial charge in [0.05, 0.1) is 6.61 Å². The largest absolute Gasteiger partial charge is 0.394 e. The molecule has 0 saturated carbocycles. The summed E-state index contributed by atoms with van der Waals surface area (Å²) in [5, 5.41) is 35.2. The van der Waals surface area contributed by atoms with E-state index in [-0.39, 0.29) is 0 Å². The number of aliphatic hydroxyl groups is 4. The fourth-order valence-corrected chi connectivity index (χ4v) is 1.06. The van der Waals surface area contributed by atoms with E-state index in [0.29, 0.717) is 0 Å². The molecule has 0 spiro atoms. The van der Waals surface area contributed by atoms with Crippen molar-refractivity contribution in [1.82, 2.24) is 0 Å². The van der Waals surface area contributed by atoms with Crippen LogP contribution in [0.25, 0.3) is 0 Å². The van der Waals surface area contributed by atoms with E-state index in [9.17, 15) is 4.39 Å². The number of aliphatic hydroxyl groups excluding tert-OH is 4. The standard InChI is InChI=1S/C6H11FO5/c7-3-4(9)2(1-8)12-6(11)5(3)10/h2-6,8-11H,1H2/t2?,3-,4+,5?,6+/m0/s1. The van der Waals surface area contributed by atoms with Crippen molar-refractivity contribution >= 4 is 0 Å². The predicted molar refractivity (Wildman–Crippen MR) is 34.9 cm³/mol. The van der Waals surface area contributed by atoms with E-state index >= 15 is 0 Å². The van der Waals surface area contributed by atoms with Gasteiger partial charge in [-0.25, -0.2) is 4.39 Å². The maximum Gasteiger partial charge on any atom is 0.184 e. The Balaban J connectivity index is 2.63. The molecule has 5 atom stereocenters. The first-order chi connectivity index (χ1) is 5.57. The lowest BCUT2D eigenvalue weighted by atomic mass is 10.0. The topological polar surface area (TPSA) is 90.2 Å². The van der Waals surface area contributed by atoms with Gasteiger partial charge in [0, 0.05) is 0 Å². The second-order valence-electron chi connectivity index (χ2n) is 2.67. The van der Waals surface area contributed by atoms with Crippen molar-refractivity contribution in [2.24, 2.45) is 0 Å². The van der Waals surface area contributed by atoms with E-state index in [1.54, 1.807) is 0 Å². The van der Waals surface area contributed by atoms with E-state index in [1.807, 2.05) is 0 Å². The zero-order valence-corrected chi connectivity index (χ0v) is 6.17. The van der Waals surface area contributed by atoms with Gasteiger partial charge in [0.15, 0.2) is 12.5 Å². The van der Waals surface area contributed by atoms with Crippen LogP contribution >= 0.6 is 0 Å². The molecule has 2 unspecified atom stereocenters. The van der Waals surface area contributed by atoms with Gasteiger partial charge >= 0.3 is 0 Å². The Kier molecular flexibility index (Phi) is 2.97. The summed E-state index contributed by atoms with van der Waals surface area (Å²) < 4.78 is 17.3. The fourth-order valence-electron chi connectivity index (χ4n) is 1.06. The molecule has 6 heteroatoms. The molecular formula is C6H11FO5. The number of rotatable bonds is 1. The van der Waals surface area contributed by atoms with Gasteiger partial charge in [-0.2, -0.15) is 0 Å². The van der Waals surface area contributed by atoms with Crippen LogP contribution in [0.2, 0.25) is 0 Å². The van der Waals surface area contributed by atoms with E-state index < -0.39 is 37.4 Å². The van der Waals surface area contributed by atoms with Gasteiger partial charge in [0.2, 0.25) is 0 Å². The lowest BCUT2D eigenvalue weighted by Crippen LogP contribution is -2.56. The van der Waals surface area contributed by atoms with E-state index in [4.69, 9.17) is 20.4 Å². The average Bonchev–Trinajstić information content (AvgIpc) is 2.08. The highest BCUT2D eigenvalue weighted by Crippen LogP contribution is 2.21. The minimum Gasteiger partial charge on any atom is -0.394 e. The zero-order valence-electron chi connectivity index (χ0n) is 6.17. The van der Waals surface area contributed by atoms with Crippen LogP contribution in [0.3, 0.4) is 0 Å². The van der Waals surface area contributed by atoms with Gasteiger partial charge in [-0.15, -0.1) is 0 Å². The Morgan fingerprint density at radius 1 is 1.17 bits per heavy atom.